The second kappa shape index (κ2) is 7.43. The van der Waals surface area contributed by atoms with E-state index in [9.17, 15) is 14.7 Å². The number of anilines is 1. The number of carbonyl (C=O) groups is 2. The molecule has 2 unspecified atom stereocenters. The third-order valence-electron chi connectivity index (χ3n) is 3.75. The second-order valence-electron chi connectivity index (χ2n) is 5.27. The molecule has 1 aromatic rings. The number of nitrogens with one attached hydrogen (secondary N) is 2. The predicted molar refractivity (Wildman–Crippen MR) is 81.1 cm³/mol. The van der Waals surface area contributed by atoms with Crippen LogP contribution in [0, 0.1) is 5.92 Å². The van der Waals surface area contributed by atoms with Gasteiger partial charge in [-0.2, -0.15) is 0 Å². The lowest BCUT2D eigenvalue weighted by Crippen LogP contribution is -2.47. The van der Waals surface area contributed by atoms with Crippen molar-refractivity contribution < 1.29 is 14.7 Å². The van der Waals surface area contributed by atoms with Crippen molar-refractivity contribution in [2.45, 2.75) is 31.7 Å². The minimum Gasteiger partial charge on any atom is -0.396 e. The van der Waals surface area contributed by atoms with E-state index < -0.39 is 11.8 Å². The number of aliphatic hydroxyl groups is 1. The fourth-order valence-electron chi connectivity index (χ4n) is 2.60. The largest absolute Gasteiger partial charge is 0.396 e. The average molecular weight is 311 g/mol. The number of amides is 2. The Morgan fingerprint density at radius 2 is 2.00 bits per heavy atom. The van der Waals surface area contributed by atoms with Crippen molar-refractivity contribution in [1.29, 1.82) is 0 Å². The number of hydrogen-bond donors (Lipinski definition) is 3. The van der Waals surface area contributed by atoms with E-state index >= 15 is 0 Å². The minimum atomic E-state index is -0.723. The van der Waals surface area contributed by atoms with Crippen molar-refractivity contribution in [3.05, 3.63) is 29.3 Å². The molecule has 0 heterocycles. The SMILES string of the molecule is O=C(Nc1cccc(Cl)c1)C(=O)NC1CCCCC1CO. The molecule has 5 nitrogen and oxygen atoms in total. The van der Waals surface area contributed by atoms with E-state index in [4.69, 9.17) is 11.6 Å². The van der Waals surface area contributed by atoms with Gasteiger partial charge in [-0.15, -0.1) is 0 Å². The summed E-state index contributed by atoms with van der Waals surface area (Å²) in [6.07, 6.45) is 3.71. The number of carbonyl (C=O) groups excluding carboxylic acids is 2. The van der Waals surface area contributed by atoms with Gasteiger partial charge in [0, 0.05) is 29.3 Å². The summed E-state index contributed by atoms with van der Waals surface area (Å²) in [6.45, 7) is 0.0286. The van der Waals surface area contributed by atoms with Gasteiger partial charge in [-0.1, -0.05) is 30.5 Å². The quantitative estimate of drug-likeness (QED) is 0.747. The zero-order valence-corrected chi connectivity index (χ0v) is 12.4. The van der Waals surface area contributed by atoms with Crippen molar-refractivity contribution >= 4 is 29.1 Å². The van der Waals surface area contributed by atoms with Gasteiger partial charge in [-0.25, -0.2) is 0 Å². The molecule has 0 saturated heterocycles. The molecule has 21 heavy (non-hydrogen) atoms. The van der Waals surface area contributed by atoms with Crippen LogP contribution in [-0.4, -0.2) is 29.6 Å². The Balaban J connectivity index is 1.91. The molecular weight excluding hydrogens is 292 g/mol. The molecule has 114 valence electrons. The van der Waals surface area contributed by atoms with Crippen LogP contribution in [0.15, 0.2) is 24.3 Å². The highest BCUT2D eigenvalue weighted by Gasteiger charge is 2.27. The summed E-state index contributed by atoms with van der Waals surface area (Å²) in [4.78, 5) is 23.8. The van der Waals surface area contributed by atoms with Crippen molar-refractivity contribution in [2.75, 3.05) is 11.9 Å². The van der Waals surface area contributed by atoms with Crippen LogP contribution < -0.4 is 10.6 Å². The Morgan fingerprint density at radius 3 is 2.71 bits per heavy atom. The third-order valence-corrected chi connectivity index (χ3v) is 3.98. The molecule has 2 atom stereocenters. The lowest BCUT2D eigenvalue weighted by Gasteiger charge is -2.30. The number of benzene rings is 1. The zero-order chi connectivity index (χ0) is 15.2. The number of hydrogen-bond acceptors (Lipinski definition) is 3. The third kappa shape index (κ3) is 4.44. The first kappa shape index (κ1) is 15.8. The summed E-state index contributed by atoms with van der Waals surface area (Å²) in [5.74, 6) is -1.37. The maximum Gasteiger partial charge on any atom is 0.313 e. The topological polar surface area (TPSA) is 78.4 Å². The maximum atomic E-state index is 11.9. The molecule has 1 aliphatic rings. The van der Waals surface area contributed by atoms with Crippen molar-refractivity contribution in [2.24, 2.45) is 5.92 Å². The predicted octanol–water partition coefficient (Wildman–Crippen LogP) is 1.95. The molecule has 6 heteroatoms. The van der Waals surface area contributed by atoms with Crippen LogP contribution in [0.3, 0.4) is 0 Å². The zero-order valence-electron chi connectivity index (χ0n) is 11.6. The molecular formula is C15H19ClN2O3. The summed E-state index contributed by atoms with van der Waals surface area (Å²) in [5, 5.41) is 15.0. The minimum absolute atomic E-state index is 0.0286. The van der Waals surface area contributed by atoms with Gasteiger partial charge in [-0.3, -0.25) is 9.59 Å². The monoisotopic (exact) mass is 310 g/mol. The first-order valence-corrected chi connectivity index (χ1v) is 7.46. The Bertz CT molecular complexity index is 521. The summed E-state index contributed by atoms with van der Waals surface area (Å²) >= 11 is 5.82. The van der Waals surface area contributed by atoms with Crippen LogP contribution in [0.25, 0.3) is 0 Å². The van der Waals surface area contributed by atoms with Crippen LogP contribution in [-0.2, 0) is 9.59 Å². The summed E-state index contributed by atoms with van der Waals surface area (Å²) in [7, 11) is 0. The maximum absolute atomic E-state index is 11.9. The van der Waals surface area contributed by atoms with E-state index in [1.54, 1.807) is 24.3 Å². The molecule has 2 rings (SSSR count). The van der Waals surface area contributed by atoms with Crippen LogP contribution in [0.2, 0.25) is 5.02 Å². The van der Waals surface area contributed by atoms with Crippen molar-refractivity contribution in [3.8, 4) is 0 Å². The number of rotatable bonds is 3. The van der Waals surface area contributed by atoms with Crippen molar-refractivity contribution in [1.82, 2.24) is 5.32 Å². The molecule has 0 radical (unpaired) electrons. The first-order valence-electron chi connectivity index (χ1n) is 7.08. The Kier molecular flexibility index (Phi) is 5.59. The van der Waals surface area contributed by atoms with Crippen LogP contribution in [0.5, 0.6) is 0 Å². The molecule has 1 saturated carbocycles. The summed E-state index contributed by atoms with van der Waals surface area (Å²) < 4.78 is 0. The van der Waals surface area contributed by atoms with Crippen LogP contribution in [0.4, 0.5) is 5.69 Å². The van der Waals surface area contributed by atoms with Gasteiger partial charge >= 0.3 is 11.8 Å². The van der Waals surface area contributed by atoms with Gasteiger partial charge in [0.1, 0.15) is 0 Å². The molecule has 1 fully saturated rings. The highest BCUT2D eigenvalue weighted by atomic mass is 35.5. The van der Waals surface area contributed by atoms with Gasteiger partial charge in [0.15, 0.2) is 0 Å². The Morgan fingerprint density at radius 1 is 1.24 bits per heavy atom. The highest BCUT2D eigenvalue weighted by Crippen LogP contribution is 2.24. The van der Waals surface area contributed by atoms with E-state index in [2.05, 4.69) is 10.6 Å². The van der Waals surface area contributed by atoms with Crippen LogP contribution >= 0.6 is 11.6 Å². The lowest BCUT2D eigenvalue weighted by molar-refractivity contribution is -0.137. The van der Waals surface area contributed by atoms with Gasteiger partial charge in [-0.05, 0) is 31.0 Å². The van der Waals surface area contributed by atoms with Gasteiger partial charge in [0.2, 0.25) is 0 Å². The fraction of sp³-hybridized carbons (Fsp3) is 0.467. The molecule has 3 N–H and O–H groups in total. The van der Waals surface area contributed by atoms with Crippen LogP contribution in [0.1, 0.15) is 25.7 Å². The molecule has 0 spiro atoms. The second-order valence-corrected chi connectivity index (χ2v) is 5.71. The molecule has 0 bridgehead atoms. The molecule has 2 amide bonds. The Labute approximate surface area is 128 Å². The van der Waals surface area contributed by atoms with Gasteiger partial charge in [0.25, 0.3) is 0 Å². The molecule has 1 aromatic carbocycles. The van der Waals surface area contributed by atoms with E-state index in [1.807, 2.05) is 0 Å². The van der Waals surface area contributed by atoms with E-state index in [0.29, 0.717) is 10.7 Å². The van der Waals surface area contributed by atoms with Crippen molar-refractivity contribution in [3.63, 3.8) is 0 Å². The van der Waals surface area contributed by atoms with Gasteiger partial charge in [0.05, 0.1) is 0 Å². The summed E-state index contributed by atoms with van der Waals surface area (Å²) in [6, 6.07) is 6.48. The summed E-state index contributed by atoms with van der Waals surface area (Å²) in [5.41, 5.74) is 0.477. The highest BCUT2D eigenvalue weighted by molar-refractivity contribution is 6.40. The Hall–Kier alpha value is -1.59. The van der Waals surface area contributed by atoms with E-state index in [1.165, 1.54) is 0 Å². The number of aliphatic hydroxyl groups excluding tert-OH is 1. The standard InChI is InChI=1S/C15H19ClN2O3/c16-11-5-3-6-12(8-11)17-14(20)15(21)18-13-7-2-1-4-10(13)9-19/h3,5-6,8,10,13,19H,1-2,4,7,9H2,(H,17,20)(H,18,21). The molecule has 1 aliphatic carbocycles. The lowest BCUT2D eigenvalue weighted by atomic mass is 9.85. The number of halogens is 1. The fourth-order valence-corrected chi connectivity index (χ4v) is 2.79. The van der Waals surface area contributed by atoms with Gasteiger partial charge < -0.3 is 15.7 Å². The molecule has 0 aliphatic heterocycles. The van der Waals surface area contributed by atoms with E-state index in [-0.39, 0.29) is 18.6 Å². The average Bonchev–Trinajstić information content (AvgIpc) is 2.47. The molecule has 0 aromatic heterocycles. The van der Waals surface area contributed by atoms with E-state index in [0.717, 1.165) is 25.7 Å². The first-order chi connectivity index (χ1) is 10.1. The smallest absolute Gasteiger partial charge is 0.313 e. The normalized spacial score (nSPS) is 21.6.